The maximum atomic E-state index is 12.9. The van der Waals surface area contributed by atoms with Crippen molar-refractivity contribution >= 4 is 44.8 Å². The fourth-order valence-electron chi connectivity index (χ4n) is 3.52. The number of sulfonamides is 1. The van der Waals surface area contributed by atoms with Gasteiger partial charge in [-0.15, -0.1) is 0 Å². The number of rotatable bonds is 6. The molecule has 0 aliphatic carbocycles. The maximum absolute atomic E-state index is 12.9. The van der Waals surface area contributed by atoms with Gasteiger partial charge in [0.15, 0.2) is 0 Å². The number of carbonyl (C=O) groups excluding carboxylic acids is 1. The standard InChI is InChI=1S/C21H24Cl2N2O5S/c1-21(2)11-17(15-10-14(29-3)6-8-19(15)30-21)24-20(26)12-25(31(4,27)28)18-9-13(22)5-7-16(18)23/h5-10,17H,11-12H2,1-4H3,(H,24,26). The summed E-state index contributed by atoms with van der Waals surface area (Å²) in [4.78, 5) is 12.9. The van der Waals surface area contributed by atoms with E-state index >= 15 is 0 Å². The lowest BCUT2D eigenvalue weighted by atomic mass is 9.89. The highest BCUT2D eigenvalue weighted by atomic mass is 35.5. The van der Waals surface area contributed by atoms with Crippen LogP contribution < -0.4 is 19.1 Å². The van der Waals surface area contributed by atoms with Crippen LogP contribution in [0.5, 0.6) is 11.5 Å². The van der Waals surface area contributed by atoms with Crippen molar-refractivity contribution in [1.82, 2.24) is 5.32 Å². The molecule has 2 aromatic carbocycles. The summed E-state index contributed by atoms with van der Waals surface area (Å²) in [5.41, 5.74) is 0.381. The highest BCUT2D eigenvalue weighted by Crippen LogP contribution is 2.41. The number of carbonyl (C=O) groups is 1. The van der Waals surface area contributed by atoms with Gasteiger partial charge in [-0.25, -0.2) is 8.42 Å². The van der Waals surface area contributed by atoms with Gasteiger partial charge in [0.1, 0.15) is 23.6 Å². The number of halogens is 2. The first-order valence-electron chi connectivity index (χ1n) is 9.49. The van der Waals surface area contributed by atoms with Gasteiger partial charge < -0.3 is 14.8 Å². The first kappa shape index (κ1) is 23.5. The molecule has 0 saturated heterocycles. The van der Waals surface area contributed by atoms with Crippen molar-refractivity contribution in [2.45, 2.75) is 31.9 Å². The van der Waals surface area contributed by atoms with E-state index in [1.165, 1.54) is 12.1 Å². The minimum atomic E-state index is -3.80. The van der Waals surface area contributed by atoms with E-state index in [-0.39, 0.29) is 10.7 Å². The van der Waals surface area contributed by atoms with Crippen LogP contribution in [0.3, 0.4) is 0 Å². The predicted octanol–water partition coefficient (Wildman–Crippen LogP) is 4.19. The zero-order valence-corrected chi connectivity index (χ0v) is 19.9. The summed E-state index contributed by atoms with van der Waals surface area (Å²) in [6.45, 7) is 3.40. The van der Waals surface area contributed by atoms with E-state index in [1.807, 2.05) is 13.8 Å². The molecular weight excluding hydrogens is 463 g/mol. The van der Waals surface area contributed by atoms with Gasteiger partial charge in [0.25, 0.3) is 0 Å². The van der Waals surface area contributed by atoms with Crippen LogP contribution in [0.25, 0.3) is 0 Å². The van der Waals surface area contributed by atoms with E-state index in [4.69, 9.17) is 32.7 Å². The molecule has 2 aromatic rings. The summed E-state index contributed by atoms with van der Waals surface area (Å²) in [6, 6.07) is 9.43. The molecule has 31 heavy (non-hydrogen) atoms. The Balaban J connectivity index is 1.89. The molecule has 1 N–H and O–H groups in total. The zero-order chi connectivity index (χ0) is 23.0. The van der Waals surface area contributed by atoms with Crippen LogP contribution in [0.15, 0.2) is 36.4 Å². The van der Waals surface area contributed by atoms with Crippen LogP contribution in [-0.4, -0.2) is 39.8 Å². The van der Waals surface area contributed by atoms with E-state index in [2.05, 4.69) is 5.32 Å². The van der Waals surface area contributed by atoms with Crippen molar-refractivity contribution in [2.75, 3.05) is 24.2 Å². The molecule has 3 rings (SSSR count). The SMILES string of the molecule is COc1ccc2c(c1)C(NC(=O)CN(c1cc(Cl)ccc1Cl)S(C)(=O)=O)CC(C)(C)O2. The number of hydrogen-bond donors (Lipinski definition) is 1. The Morgan fingerprint density at radius 2 is 1.97 bits per heavy atom. The molecule has 1 amide bonds. The molecule has 10 heteroatoms. The lowest BCUT2D eigenvalue weighted by molar-refractivity contribution is -0.120. The van der Waals surface area contributed by atoms with Crippen LogP contribution in [0, 0.1) is 0 Å². The van der Waals surface area contributed by atoms with Crippen molar-refractivity contribution in [3.05, 3.63) is 52.0 Å². The molecule has 1 heterocycles. The molecule has 0 radical (unpaired) electrons. The quantitative estimate of drug-likeness (QED) is 0.661. The second-order valence-corrected chi connectivity index (χ2v) is 10.7. The number of ether oxygens (including phenoxy) is 2. The predicted molar refractivity (Wildman–Crippen MR) is 122 cm³/mol. The molecule has 0 aromatic heterocycles. The summed E-state index contributed by atoms with van der Waals surface area (Å²) in [6.07, 6.45) is 1.50. The third-order valence-electron chi connectivity index (χ3n) is 4.87. The normalized spacial score (nSPS) is 17.3. The Morgan fingerprint density at radius 3 is 2.61 bits per heavy atom. The van der Waals surface area contributed by atoms with Crippen LogP contribution >= 0.6 is 23.2 Å². The first-order chi connectivity index (χ1) is 14.4. The van der Waals surface area contributed by atoms with Crippen LogP contribution in [0.4, 0.5) is 5.69 Å². The molecule has 1 unspecified atom stereocenters. The lowest BCUT2D eigenvalue weighted by Crippen LogP contribution is -2.45. The fraction of sp³-hybridized carbons (Fsp3) is 0.381. The van der Waals surface area contributed by atoms with Crippen molar-refractivity contribution in [3.8, 4) is 11.5 Å². The number of amides is 1. The number of nitrogens with zero attached hydrogens (tertiary/aromatic N) is 1. The Morgan fingerprint density at radius 1 is 1.26 bits per heavy atom. The monoisotopic (exact) mass is 486 g/mol. The summed E-state index contributed by atoms with van der Waals surface area (Å²) < 4.78 is 37.1. The van der Waals surface area contributed by atoms with E-state index in [0.717, 1.165) is 16.1 Å². The summed E-state index contributed by atoms with van der Waals surface area (Å²) in [5, 5.41) is 3.41. The molecule has 0 bridgehead atoms. The van der Waals surface area contributed by atoms with Gasteiger partial charge in [0.05, 0.1) is 30.1 Å². The van der Waals surface area contributed by atoms with Crippen molar-refractivity contribution in [3.63, 3.8) is 0 Å². The lowest BCUT2D eigenvalue weighted by Gasteiger charge is -2.38. The van der Waals surface area contributed by atoms with Crippen LogP contribution in [0.1, 0.15) is 31.9 Å². The Bertz CT molecular complexity index is 1100. The van der Waals surface area contributed by atoms with Gasteiger partial charge in [0, 0.05) is 17.0 Å². The number of fused-ring (bicyclic) bond motifs is 1. The number of hydrogen-bond acceptors (Lipinski definition) is 5. The molecule has 168 valence electrons. The summed E-state index contributed by atoms with van der Waals surface area (Å²) >= 11 is 12.2. The van der Waals surface area contributed by atoms with E-state index in [1.54, 1.807) is 31.4 Å². The summed E-state index contributed by atoms with van der Waals surface area (Å²) in [7, 11) is -2.25. The Kier molecular flexibility index (Phi) is 6.64. The fourth-order valence-corrected chi connectivity index (χ4v) is 4.81. The number of nitrogens with one attached hydrogen (secondary N) is 1. The van der Waals surface area contributed by atoms with Crippen molar-refractivity contribution < 1.29 is 22.7 Å². The number of anilines is 1. The van der Waals surface area contributed by atoms with Gasteiger partial charge in [-0.1, -0.05) is 23.2 Å². The molecule has 1 atom stereocenters. The minimum Gasteiger partial charge on any atom is -0.497 e. The second kappa shape index (κ2) is 8.76. The average molecular weight is 487 g/mol. The van der Waals surface area contributed by atoms with E-state index in [0.29, 0.717) is 22.9 Å². The molecule has 0 saturated carbocycles. The van der Waals surface area contributed by atoms with Gasteiger partial charge in [0.2, 0.25) is 15.9 Å². The van der Waals surface area contributed by atoms with Crippen molar-refractivity contribution in [1.29, 1.82) is 0 Å². The molecule has 0 spiro atoms. The first-order valence-corrected chi connectivity index (χ1v) is 12.1. The van der Waals surface area contributed by atoms with Gasteiger partial charge in [-0.05, 0) is 50.2 Å². The molecular formula is C21H24Cl2N2O5S. The Hall–Kier alpha value is -2.16. The molecule has 0 fully saturated rings. The number of methoxy groups -OCH3 is 1. The van der Waals surface area contributed by atoms with Gasteiger partial charge >= 0.3 is 0 Å². The highest BCUT2D eigenvalue weighted by molar-refractivity contribution is 7.92. The Labute approximate surface area is 192 Å². The van der Waals surface area contributed by atoms with Gasteiger partial charge in [-0.2, -0.15) is 0 Å². The topological polar surface area (TPSA) is 84.9 Å². The molecule has 1 aliphatic heterocycles. The third kappa shape index (κ3) is 5.56. The van der Waals surface area contributed by atoms with Crippen molar-refractivity contribution in [2.24, 2.45) is 0 Å². The smallest absolute Gasteiger partial charge is 0.241 e. The molecule has 1 aliphatic rings. The van der Waals surface area contributed by atoms with E-state index < -0.39 is 34.1 Å². The second-order valence-electron chi connectivity index (χ2n) is 7.96. The van der Waals surface area contributed by atoms with E-state index in [9.17, 15) is 13.2 Å². The minimum absolute atomic E-state index is 0.140. The van der Waals surface area contributed by atoms with Crippen LogP contribution in [-0.2, 0) is 14.8 Å². The third-order valence-corrected chi connectivity index (χ3v) is 6.56. The highest BCUT2D eigenvalue weighted by Gasteiger charge is 2.35. The maximum Gasteiger partial charge on any atom is 0.241 e. The van der Waals surface area contributed by atoms with Crippen LogP contribution in [0.2, 0.25) is 10.0 Å². The molecule has 7 nitrogen and oxygen atoms in total. The average Bonchev–Trinajstić information content (AvgIpc) is 2.66. The zero-order valence-electron chi connectivity index (χ0n) is 17.6. The number of benzene rings is 2. The summed E-state index contributed by atoms with van der Waals surface area (Å²) in [5.74, 6) is 0.780. The van der Waals surface area contributed by atoms with Gasteiger partial charge in [-0.3, -0.25) is 9.10 Å². The largest absolute Gasteiger partial charge is 0.497 e.